The summed E-state index contributed by atoms with van der Waals surface area (Å²) in [5.41, 5.74) is 4.21. The smallest absolute Gasteiger partial charge is 0.303 e. The van der Waals surface area contributed by atoms with Crippen LogP contribution in [0.3, 0.4) is 0 Å². The predicted molar refractivity (Wildman–Crippen MR) is 128 cm³/mol. The van der Waals surface area contributed by atoms with E-state index in [0.717, 1.165) is 22.4 Å². The van der Waals surface area contributed by atoms with Gasteiger partial charge in [0.25, 0.3) is 0 Å². The van der Waals surface area contributed by atoms with Gasteiger partial charge in [0.2, 0.25) is 0 Å². The molecule has 0 fully saturated rings. The van der Waals surface area contributed by atoms with Gasteiger partial charge in [0.1, 0.15) is 11.5 Å². The number of ketones is 1. The molecule has 3 aromatic carbocycles. The van der Waals surface area contributed by atoms with Crippen molar-refractivity contribution in [3.05, 3.63) is 94.5 Å². The molecule has 0 radical (unpaired) electrons. The maximum Gasteiger partial charge on any atom is 0.303 e. The van der Waals surface area contributed by atoms with Crippen LogP contribution in [0.1, 0.15) is 52.4 Å². The molecular weight excluding hydrogens is 416 g/mol. The van der Waals surface area contributed by atoms with Crippen molar-refractivity contribution in [2.24, 2.45) is 0 Å². The number of carbonyl (C=O) groups is 2. The Morgan fingerprint density at radius 1 is 0.970 bits per heavy atom. The number of carboxylic acid groups (broad SMARTS) is 1. The Hall–Kier alpha value is -3.60. The fraction of sp³-hybridized carbons (Fsp3) is 0.286. The minimum absolute atomic E-state index is 0.0591. The zero-order valence-corrected chi connectivity index (χ0v) is 19.3. The first-order valence-electron chi connectivity index (χ1n) is 11.1. The molecular formula is C28H30O5. The van der Waals surface area contributed by atoms with Gasteiger partial charge in [-0.1, -0.05) is 48.0 Å². The Labute approximate surface area is 195 Å². The van der Waals surface area contributed by atoms with E-state index in [2.05, 4.69) is 0 Å². The molecule has 0 saturated carbocycles. The highest BCUT2D eigenvalue weighted by Gasteiger charge is 2.17. The number of benzene rings is 3. The van der Waals surface area contributed by atoms with Gasteiger partial charge in [-0.25, -0.2) is 0 Å². The van der Waals surface area contributed by atoms with Gasteiger partial charge in [0.15, 0.2) is 5.78 Å². The van der Waals surface area contributed by atoms with E-state index in [0.29, 0.717) is 36.3 Å². The summed E-state index contributed by atoms with van der Waals surface area (Å²) in [5, 5.41) is 8.86. The third-order valence-corrected chi connectivity index (χ3v) is 5.46. The molecule has 0 aromatic heterocycles. The highest BCUT2D eigenvalue weighted by atomic mass is 16.5. The Morgan fingerprint density at radius 3 is 2.42 bits per heavy atom. The van der Waals surface area contributed by atoms with E-state index < -0.39 is 5.97 Å². The topological polar surface area (TPSA) is 72.8 Å². The lowest BCUT2D eigenvalue weighted by Crippen LogP contribution is -2.17. The minimum Gasteiger partial charge on any atom is -0.493 e. The van der Waals surface area contributed by atoms with Crippen molar-refractivity contribution < 1.29 is 24.2 Å². The van der Waals surface area contributed by atoms with Crippen LogP contribution in [-0.4, -0.2) is 29.6 Å². The molecule has 0 heterocycles. The summed E-state index contributed by atoms with van der Waals surface area (Å²) >= 11 is 0. The number of rotatable bonds is 11. The normalized spacial score (nSPS) is 11.6. The molecule has 0 amide bonds. The average Bonchev–Trinajstić information content (AvgIpc) is 2.79. The summed E-state index contributed by atoms with van der Waals surface area (Å²) in [5.74, 6) is 0.455. The van der Waals surface area contributed by atoms with Crippen LogP contribution in [0.15, 0.2) is 66.7 Å². The zero-order valence-electron chi connectivity index (χ0n) is 19.3. The number of carboxylic acids is 1. The van der Waals surface area contributed by atoms with Crippen LogP contribution in [0, 0.1) is 13.8 Å². The SMILES string of the molecule is Cc1ccc(O[C@H](C)CCOc2ccc(CCC(=O)O)c(C)c2)c(C(=O)c2ccccc2)c1. The van der Waals surface area contributed by atoms with Crippen LogP contribution in [0.25, 0.3) is 0 Å². The van der Waals surface area contributed by atoms with Crippen molar-refractivity contribution in [2.45, 2.75) is 46.1 Å². The maximum atomic E-state index is 13.0. The van der Waals surface area contributed by atoms with Crippen LogP contribution in [0.4, 0.5) is 0 Å². The molecule has 0 aliphatic heterocycles. The Morgan fingerprint density at radius 2 is 1.73 bits per heavy atom. The standard InChI is InChI=1S/C28H30O5/c1-19-9-13-26(25(17-19)28(31)23-7-5-4-6-8-23)33-21(3)15-16-32-24-12-10-22(20(2)18-24)11-14-27(29)30/h4-10,12-13,17-18,21H,11,14-16H2,1-3H3,(H,29,30)/t21-/m1/s1. The summed E-state index contributed by atoms with van der Waals surface area (Å²) in [7, 11) is 0. The van der Waals surface area contributed by atoms with Crippen molar-refractivity contribution in [3.8, 4) is 11.5 Å². The third-order valence-electron chi connectivity index (χ3n) is 5.46. The molecule has 5 heteroatoms. The first-order chi connectivity index (χ1) is 15.8. The van der Waals surface area contributed by atoms with Gasteiger partial charge in [-0.2, -0.15) is 0 Å². The maximum absolute atomic E-state index is 13.0. The third kappa shape index (κ3) is 6.94. The Balaban J connectivity index is 1.58. The van der Waals surface area contributed by atoms with Crippen LogP contribution < -0.4 is 9.47 Å². The minimum atomic E-state index is -0.800. The summed E-state index contributed by atoms with van der Waals surface area (Å²) < 4.78 is 12.0. The molecule has 1 atom stereocenters. The molecule has 33 heavy (non-hydrogen) atoms. The van der Waals surface area contributed by atoms with Crippen molar-refractivity contribution in [1.82, 2.24) is 0 Å². The molecule has 5 nitrogen and oxygen atoms in total. The lowest BCUT2D eigenvalue weighted by molar-refractivity contribution is -0.136. The summed E-state index contributed by atoms with van der Waals surface area (Å²) in [4.78, 5) is 23.8. The first-order valence-corrected chi connectivity index (χ1v) is 11.1. The van der Waals surface area contributed by atoms with E-state index in [4.69, 9.17) is 14.6 Å². The van der Waals surface area contributed by atoms with E-state index in [9.17, 15) is 9.59 Å². The number of ether oxygens (including phenoxy) is 2. The lowest BCUT2D eigenvalue weighted by Gasteiger charge is -2.18. The molecule has 172 valence electrons. The van der Waals surface area contributed by atoms with E-state index in [1.807, 2.05) is 75.4 Å². The summed E-state index contributed by atoms with van der Waals surface area (Å²) in [6.45, 7) is 6.33. The van der Waals surface area contributed by atoms with Gasteiger partial charge < -0.3 is 14.6 Å². The number of carbonyl (C=O) groups excluding carboxylic acids is 1. The second-order valence-electron chi connectivity index (χ2n) is 8.24. The molecule has 0 spiro atoms. The van der Waals surface area contributed by atoms with E-state index in [-0.39, 0.29) is 18.3 Å². The van der Waals surface area contributed by atoms with Gasteiger partial charge >= 0.3 is 5.97 Å². The summed E-state index contributed by atoms with van der Waals surface area (Å²) in [6, 6.07) is 20.6. The van der Waals surface area contributed by atoms with E-state index >= 15 is 0 Å². The average molecular weight is 447 g/mol. The molecule has 0 aliphatic rings. The van der Waals surface area contributed by atoms with E-state index in [1.54, 1.807) is 12.1 Å². The lowest BCUT2D eigenvalue weighted by atomic mass is 10.0. The number of hydrogen-bond donors (Lipinski definition) is 1. The van der Waals surface area contributed by atoms with Gasteiger partial charge in [-0.05, 0) is 62.6 Å². The highest BCUT2D eigenvalue weighted by molar-refractivity contribution is 6.10. The molecule has 0 bridgehead atoms. The zero-order chi connectivity index (χ0) is 23.8. The van der Waals surface area contributed by atoms with Gasteiger partial charge in [0, 0.05) is 18.4 Å². The Bertz CT molecular complexity index is 1100. The fourth-order valence-corrected chi connectivity index (χ4v) is 3.57. The van der Waals surface area contributed by atoms with Crippen molar-refractivity contribution in [3.63, 3.8) is 0 Å². The molecule has 1 N–H and O–H groups in total. The number of hydrogen-bond acceptors (Lipinski definition) is 4. The van der Waals surface area contributed by atoms with Crippen LogP contribution in [0.2, 0.25) is 0 Å². The molecule has 0 aliphatic carbocycles. The van der Waals surface area contributed by atoms with Crippen LogP contribution >= 0.6 is 0 Å². The second kappa shape index (κ2) is 11.3. The van der Waals surface area contributed by atoms with Gasteiger partial charge in [-0.15, -0.1) is 0 Å². The van der Waals surface area contributed by atoms with Crippen molar-refractivity contribution >= 4 is 11.8 Å². The Kier molecular flexibility index (Phi) is 8.25. The number of aliphatic carboxylic acids is 1. The summed E-state index contributed by atoms with van der Waals surface area (Å²) in [6.07, 6.45) is 1.12. The molecule has 3 aromatic rings. The fourth-order valence-electron chi connectivity index (χ4n) is 3.57. The quantitative estimate of drug-likeness (QED) is 0.378. The van der Waals surface area contributed by atoms with Crippen LogP contribution in [-0.2, 0) is 11.2 Å². The van der Waals surface area contributed by atoms with Crippen molar-refractivity contribution in [1.29, 1.82) is 0 Å². The largest absolute Gasteiger partial charge is 0.493 e. The first kappa shape index (κ1) is 24.1. The van der Waals surface area contributed by atoms with Gasteiger partial charge in [0.05, 0.1) is 18.3 Å². The monoisotopic (exact) mass is 446 g/mol. The molecule has 0 unspecified atom stereocenters. The highest BCUT2D eigenvalue weighted by Crippen LogP contribution is 2.25. The number of aryl methyl sites for hydroxylation is 3. The van der Waals surface area contributed by atoms with Crippen molar-refractivity contribution in [2.75, 3.05) is 6.61 Å². The van der Waals surface area contributed by atoms with E-state index in [1.165, 1.54) is 0 Å². The van der Waals surface area contributed by atoms with Crippen LogP contribution in [0.5, 0.6) is 11.5 Å². The predicted octanol–water partition coefficient (Wildman–Crippen LogP) is 5.79. The molecule has 0 saturated heterocycles. The molecule has 3 rings (SSSR count). The second-order valence-corrected chi connectivity index (χ2v) is 8.24. The van der Waals surface area contributed by atoms with Gasteiger partial charge in [-0.3, -0.25) is 9.59 Å².